The molecule has 0 spiro atoms. The number of rotatable bonds is 7. The number of anilines is 2. The zero-order valence-corrected chi connectivity index (χ0v) is 12.2. The van der Waals surface area contributed by atoms with E-state index < -0.39 is 0 Å². The zero-order valence-electron chi connectivity index (χ0n) is 12.2. The van der Waals surface area contributed by atoms with Gasteiger partial charge in [-0.15, -0.1) is 0 Å². The van der Waals surface area contributed by atoms with Crippen molar-refractivity contribution >= 4 is 11.6 Å². The van der Waals surface area contributed by atoms with E-state index in [-0.39, 0.29) is 0 Å². The van der Waals surface area contributed by atoms with Crippen LogP contribution in [0.5, 0.6) is 0 Å². The first kappa shape index (κ1) is 14.7. The molecule has 1 atom stereocenters. The highest BCUT2D eigenvalue weighted by Crippen LogP contribution is 2.22. The average molecular weight is 250 g/mol. The lowest BCUT2D eigenvalue weighted by atomic mass is 10.0. The Balaban J connectivity index is 2.86. The number of hydrogen-bond donors (Lipinski definition) is 2. The molecule has 18 heavy (non-hydrogen) atoms. The van der Waals surface area contributed by atoms with Crippen LogP contribution in [-0.4, -0.2) is 23.1 Å². The van der Waals surface area contributed by atoms with Crippen molar-refractivity contribution in [3.8, 4) is 0 Å². The quantitative estimate of drug-likeness (QED) is 0.779. The molecule has 102 valence electrons. The van der Waals surface area contributed by atoms with E-state index in [9.17, 15) is 0 Å². The van der Waals surface area contributed by atoms with Crippen LogP contribution in [-0.2, 0) is 6.42 Å². The first-order chi connectivity index (χ1) is 8.58. The lowest BCUT2D eigenvalue weighted by Crippen LogP contribution is -2.20. The third kappa shape index (κ3) is 4.17. The van der Waals surface area contributed by atoms with Crippen molar-refractivity contribution in [2.45, 2.75) is 53.0 Å². The Morgan fingerprint density at radius 3 is 2.39 bits per heavy atom. The summed E-state index contributed by atoms with van der Waals surface area (Å²) in [5, 5.41) is 6.65. The topological polar surface area (TPSA) is 49.8 Å². The number of aromatic nitrogens is 2. The predicted molar refractivity (Wildman–Crippen MR) is 78.1 cm³/mol. The lowest BCUT2D eigenvalue weighted by Gasteiger charge is -2.19. The van der Waals surface area contributed by atoms with Crippen LogP contribution in [0.1, 0.15) is 46.1 Å². The molecule has 0 saturated carbocycles. The average Bonchev–Trinajstić information content (AvgIpc) is 2.30. The zero-order chi connectivity index (χ0) is 13.5. The molecule has 0 bridgehead atoms. The Bertz CT molecular complexity index is 363. The fraction of sp³-hybridized carbons (Fsp3) is 0.714. The second-order valence-corrected chi connectivity index (χ2v) is 5.22. The van der Waals surface area contributed by atoms with Gasteiger partial charge in [0.1, 0.15) is 18.0 Å². The van der Waals surface area contributed by atoms with E-state index >= 15 is 0 Å². The number of hydrogen-bond acceptors (Lipinski definition) is 4. The van der Waals surface area contributed by atoms with E-state index in [0.29, 0.717) is 12.0 Å². The molecule has 4 heteroatoms. The molecular weight excluding hydrogens is 224 g/mol. The Hall–Kier alpha value is -1.32. The van der Waals surface area contributed by atoms with Gasteiger partial charge in [-0.2, -0.15) is 0 Å². The van der Waals surface area contributed by atoms with E-state index in [1.165, 1.54) is 5.56 Å². The third-order valence-electron chi connectivity index (χ3n) is 2.89. The highest BCUT2D eigenvalue weighted by Gasteiger charge is 2.12. The fourth-order valence-corrected chi connectivity index (χ4v) is 2.24. The van der Waals surface area contributed by atoms with E-state index in [0.717, 1.165) is 30.9 Å². The van der Waals surface area contributed by atoms with Gasteiger partial charge in [-0.1, -0.05) is 27.2 Å². The van der Waals surface area contributed by atoms with Gasteiger partial charge >= 0.3 is 0 Å². The highest BCUT2D eigenvalue weighted by atomic mass is 15.1. The van der Waals surface area contributed by atoms with Crippen LogP contribution in [0.15, 0.2) is 6.33 Å². The molecule has 1 heterocycles. The van der Waals surface area contributed by atoms with Crippen molar-refractivity contribution in [1.29, 1.82) is 0 Å². The van der Waals surface area contributed by atoms with Gasteiger partial charge in [0.15, 0.2) is 0 Å². The molecule has 0 aromatic carbocycles. The first-order valence-corrected chi connectivity index (χ1v) is 6.86. The van der Waals surface area contributed by atoms with Crippen LogP contribution in [0.25, 0.3) is 0 Å². The van der Waals surface area contributed by atoms with Crippen molar-refractivity contribution in [2.75, 3.05) is 17.7 Å². The highest BCUT2D eigenvalue weighted by molar-refractivity contribution is 5.57. The molecule has 1 aromatic rings. The summed E-state index contributed by atoms with van der Waals surface area (Å²) in [5.74, 6) is 2.60. The van der Waals surface area contributed by atoms with Gasteiger partial charge in [0.05, 0.1) is 0 Å². The van der Waals surface area contributed by atoms with E-state index in [1.807, 2.05) is 7.05 Å². The molecule has 0 saturated heterocycles. The molecule has 1 aromatic heterocycles. The fourth-order valence-electron chi connectivity index (χ4n) is 2.24. The maximum absolute atomic E-state index is 4.39. The van der Waals surface area contributed by atoms with Gasteiger partial charge in [-0.3, -0.25) is 0 Å². The summed E-state index contributed by atoms with van der Waals surface area (Å²) in [6, 6.07) is 0.431. The summed E-state index contributed by atoms with van der Waals surface area (Å²) in [4.78, 5) is 8.67. The minimum Gasteiger partial charge on any atom is -0.373 e. The molecule has 1 unspecified atom stereocenters. The molecule has 1 rings (SSSR count). The lowest BCUT2D eigenvalue weighted by molar-refractivity contribution is 0.538. The number of nitrogens with one attached hydrogen (secondary N) is 2. The molecule has 4 nitrogen and oxygen atoms in total. The summed E-state index contributed by atoms with van der Waals surface area (Å²) in [5.41, 5.74) is 1.19. The minimum absolute atomic E-state index is 0.431. The van der Waals surface area contributed by atoms with Crippen molar-refractivity contribution in [3.05, 3.63) is 11.9 Å². The molecule has 0 amide bonds. The SMILES string of the molecule is CCCc1c(NC)ncnc1NC(C)CC(C)C. The third-order valence-corrected chi connectivity index (χ3v) is 2.89. The number of nitrogens with zero attached hydrogens (tertiary/aromatic N) is 2. The minimum atomic E-state index is 0.431. The van der Waals surface area contributed by atoms with Crippen LogP contribution in [0.3, 0.4) is 0 Å². The normalized spacial score (nSPS) is 12.6. The summed E-state index contributed by atoms with van der Waals surface area (Å²) in [6.45, 7) is 8.86. The summed E-state index contributed by atoms with van der Waals surface area (Å²) in [6.07, 6.45) is 4.85. The molecule has 0 aliphatic carbocycles. The Kier molecular flexibility index (Phi) is 5.89. The second kappa shape index (κ2) is 7.19. The standard InChI is InChI=1S/C14H26N4/c1-6-7-12-13(15-5)16-9-17-14(12)18-11(4)8-10(2)3/h9-11H,6-8H2,1-5H3,(H2,15,16,17,18). The van der Waals surface area contributed by atoms with Crippen LogP contribution < -0.4 is 10.6 Å². The van der Waals surface area contributed by atoms with Crippen molar-refractivity contribution in [2.24, 2.45) is 5.92 Å². The van der Waals surface area contributed by atoms with Gasteiger partial charge in [0.2, 0.25) is 0 Å². The monoisotopic (exact) mass is 250 g/mol. The molecule has 2 N–H and O–H groups in total. The Morgan fingerprint density at radius 2 is 1.83 bits per heavy atom. The van der Waals surface area contributed by atoms with E-state index in [4.69, 9.17) is 0 Å². The van der Waals surface area contributed by atoms with Crippen LogP contribution in [0, 0.1) is 5.92 Å². The van der Waals surface area contributed by atoms with Crippen LogP contribution in [0.4, 0.5) is 11.6 Å². The van der Waals surface area contributed by atoms with Gasteiger partial charge in [-0.05, 0) is 25.7 Å². The van der Waals surface area contributed by atoms with E-state index in [1.54, 1.807) is 6.33 Å². The predicted octanol–water partition coefficient (Wildman–Crippen LogP) is 3.32. The van der Waals surface area contributed by atoms with E-state index in [2.05, 4.69) is 48.3 Å². The van der Waals surface area contributed by atoms with Crippen molar-refractivity contribution in [1.82, 2.24) is 9.97 Å². The summed E-state index contributed by atoms with van der Waals surface area (Å²) < 4.78 is 0. The molecule has 0 aliphatic heterocycles. The van der Waals surface area contributed by atoms with Gasteiger partial charge in [0.25, 0.3) is 0 Å². The molecule has 0 radical (unpaired) electrons. The second-order valence-electron chi connectivity index (χ2n) is 5.22. The molecule has 0 fully saturated rings. The molecular formula is C14H26N4. The maximum atomic E-state index is 4.39. The van der Waals surface area contributed by atoms with Crippen molar-refractivity contribution in [3.63, 3.8) is 0 Å². The largest absolute Gasteiger partial charge is 0.373 e. The maximum Gasteiger partial charge on any atom is 0.134 e. The smallest absolute Gasteiger partial charge is 0.134 e. The van der Waals surface area contributed by atoms with Gasteiger partial charge < -0.3 is 10.6 Å². The summed E-state index contributed by atoms with van der Waals surface area (Å²) >= 11 is 0. The van der Waals surface area contributed by atoms with Crippen molar-refractivity contribution < 1.29 is 0 Å². The van der Waals surface area contributed by atoms with Crippen LogP contribution in [0.2, 0.25) is 0 Å². The Labute approximate surface area is 111 Å². The van der Waals surface area contributed by atoms with Gasteiger partial charge in [0, 0.05) is 18.7 Å². The summed E-state index contributed by atoms with van der Waals surface area (Å²) in [7, 11) is 1.91. The molecule has 0 aliphatic rings. The van der Waals surface area contributed by atoms with Crippen LogP contribution >= 0.6 is 0 Å². The first-order valence-electron chi connectivity index (χ1n) is 6.86. The Morgan fingerprint density at radius 1 is 1.17 bits per heavy atom. The van der Waals surface area contributed by atoms with Gasteiger partial charge in [-0.25, -0.2) is 9.97 Å².